The number of aliphatic carboxylic acids is 1. The zero-order chi connectivity index (χ0) is 22.9. The van der Waals surface area contributed by atoms with Gasteiger partial charge in [0.1, 0.15) is 12.0 Å². The van der Waals surface area contributed by atoms with Crippen molar-refractivity contribution >= 4 is 5.97 Å². The van der Waals surface area contributed by atoms with Crippen LogP contribution >= 0.6 is 0 Å². The average Bonchev–Trinajstić information content (AvgIpc) is 2.62. The van der Waals surface area contributed by atoms with Gasteiger partial charge in [-0.05, 0) is 35.4 Å². The number of phenolic OH excluding ortho intramolecular Hbond substituents is 4. The van der Waals surface area contributed by atoms with E-state index in [1.54, 1.807) is 24.3 Å². The predicted molar refractivity (Wildman–Crippen MR) is 97.7 cm³/mol. The molecule has 0 radical (unpaired) electrons. The van der Waals surface area contributed by atoms with E-state index in [-0.39, 0.29) is 29.0 Å². The van der Waals surface area contributed by atoms with Crippen molar-refractivity contribution in [3.8, 4) is 23.0 Å². The van der Waals surface area contributed by atoms with Crippen LogP contribution in [0.4, 0.5) is 13.2 Å². The van der Waals surface area contributed by atoms with Gasteiger partial charge in [0.15, 0.2) is 23.0 Å². The number of carboxylic acids is 1. The molecule has 2 aromatic rings. The smallest absolute Gasteiger partial charge is 0.430 e. The Bertz CT molecular complexity index is 943. The highest BCUT2D eigenvalue weighted by molar-refractivity contribution is 5.70. The van der Waals surface area contributed by atoms with E-state index >= 15 is 0 Å². The molecular weight excluding hydrogens is 407 g/mol. The lowest BCUT2D eigenvalue weighted by Crippen LogP contribution is -2.48. The van der Waals surface area contributed by atoms with Gasteiger partial charge in [0.05, 0.1) is 20.6 Å². The highest BCUT2D eigenvalue weighted by Gasteiger charge is 2.36. The number of aromatic hydroxyl groups is 4. The number of halogens is 3. The number of hydrogen-bond donors (Lipinski definition) is 4. The van der Waals surface area contributed by atoms with Crippen LogP contribution in [0, 0.1) is 0 Å². The predicted octanol–water partition coefficient (Wildman–Crippen LogP) is 1.72. The van der Waals surface area contributed by atoms with E-state index in [1.807, 2.05) is 0 Å². The molecule has 0 amide bonds. The van der Waals surface area contributed by atoms with Gasteiger partial charge in [-0.1, -0.05) is 6.07 Å². The van der Waals surface area contributed by atoms with E-state index in [1.165, 1.54) is 6.07 Å². The van der Waals surface area contributed by atoms with Crippen molar-refractivity contribution in [2.75, 3.05) is 20.6 Å². The van der Waals surface area contributed by atoms with Crippen molar-refractivity contribution in [2.24, 2.45) is 0 Å². The number of carbonyl (C=O) groups excluding carboxylic acids is 1. The minimum Gasteiger partial charge on any atom is -0.542 e. The summed E-state index contributed by atoms with van der Waals surface area (Å²) in [6.45, 7) is 0.923. The number of benzene rings is 2. The van der Waals surface area contributed by atoms with E-state index < -0.39 is 12.1 Å². The molecule has 164 valence electrons. The van der Waals surface area contributed by atoms with Gasteiger partial charge in [-0.25, -0.2) is 0 Å². The normalized spacial score (nSPS) is 17.4. The number of hydrogen-bond acceptors (Lipinski definition) is 6. The highest BCUT2D eigenvalue weighted by Crippen LogP contribution is 2.41. The van der Waals surface area contributed by atoms with Crippen LogP contribution in [0.1, 0.15) is 22.7 Å². The van der Waals surface area contributed by atoms with Gasteiger partial charge >= 0.3 is 6.18 Å². The number of rotatable bonds is 2. The summed E-state index contributed by atoms with van der Waals surface area (Å²) in [5.74, 6) is -3.46. The molecule has 2 aromatic carbocycles. The van der Waals surface area contributed by atoms with Gasteiger partial charge in [-0.3, -0.25) is 0 Å². The lowest BCUT2D eigenvalue weighted by molar-refractivity contribution is -0.923. The van der Waals surface area contributed by atoms with Crippen LogP contribution in [-0.4, -0.2) is 57.7 Å². The molecule has 7 nitrogen and oxygen atoms in total. The average molecular weight is 429 g/mol. The fourth-order valence-corrected chi connectivity index (χ4v) is 3.38. The maximum atomic E-state index is 10.5. The van der Waals surface area contributed by atoms with E-state index in [0.717, 1.165) is 34.1 Å². The van der Waals surface area contributed by atoms with E-state index in [2.05, 4.69) is 14.1 Å². The Labute approximate surface area is 170 Å². The molecule has 0 aliphatic carbocycles. The molecule has 0 bridgehead atoms. The SMILES string of the molecule is C[N+]1(C)CCc2cc(O)c(O)cc2C1Cc1ccc(O)c(O)c1.O=C([O-])C(F)(F)F. The van der Waals surface area contributed by atoms with E-state index in [0.29, 0.717) is 6.42 Å². The lowest BCUT2D eigenvalue weighted by Gasteiger charge is -2.43. The van der Waals surface area contributed by atoms with E-state index in [9.17, 15) is 33.6 Å². The highest BCUT2D eigenvalue weighted by atomic mass is 19.4. The minimum absolute atomic E-state index is 0.0861. The summed E-state index contributed by atoms with van der Waals surface area (Å²) in [4.78, 5) is 8.78. The van der Waals surface area contributed by atoms with Crippen LogP contribution in [0.5, 0.6) is 23.0 Å². The second-order valence-electron chi connectivity index (χ2n) is 7.62. The third kappa shape index (κ3) is 5.26. The summed E-state index contributed by atoms with van der Waals surface area (Å²) in [6, 6.07) is 8.24. The standard InChI is InChI=1S/C18H21NO4.C2HF3O2/c1-19(2)6-5-12-9-17(22)18(23)10-13(12)14(19)7-11-3-4-15(20)16(21)8-11;3-2(4,5)1(6)7/h3-4,8-10,14H,5-7H2,1-2H3,(H3-,20,21,22,23);(H,6,7). The third-order valence-corrected chi connectivity index (χ3v) is 5.10. The molecule has 4 N–H and O–H groups in total. The molecule has 0 saturated carbocycles. The minimum atomic E-state index is -5.19. The zero-order valence-corrected chi connectivity index (χ0v) is 16.3. The Kier molecular flexibility index (Phi) is 6.41. The summed E-state index contributed by atoms with van der Waals surface area (Å²) >= 11 is 0. The topological polar surface area (TPSA) is 121 Å². The van der Waals surface area contributed by atoms with Gasteiger partial charge in [0.25, 0.3) is 0 Å². The second kappa shape index (κ2) is 8.31. The van der Waals surface area contributed by atoms with Crippen LogP contribution in [0.15, 0.2) is 30.3 Å². The maximum Gasteiger partial charge on any atom is 0.430 e. The Hall–Kier alpha value is -3.14. The van der Waals surface area contributed by atoms with Crippen molar-refractivity contribution in [1.82, 2.24) is 0 Å². The molecule has 1 atom stereocenters. The molecule has 30 heavy (non-hydrogen) atoms. The number of carboxylic acid groups (broad SMARTS) is 1. The first-order valence-corrected chi connectivity index (χ1v) is 8.89. The van der Waals surface area contributed by atoms with Gasteiger partial charge < -0.3 is 34.8 Å². The number of likely N-dealkylation sites (N-methyl/N-ethyl adjacent to an activating group) is 1. The number of quaternary nitrogens is 1. The Morgan fingerprint density at radius 2 is 1.57 bits per heavy atom. The van der Waals surface area contributed by atoms with Crippen molar-refractivity contribution in [2.45, 2.75) is 25.1 Å². The Morgan fingerprint density at radius 3 is 2.10 bits per heavy atom. The lowest BCUT2D eigenvalue weighted by atomic mass is 9.87. The van der Waals surface area contributed by atoms with Crippen molar-refractivity contribution in [1.29, 1.82) is 0 Å². The summed E-state index contributed by atoms with van der Waals surface area (Å²) in [7, 11) is 4.27. The van der Waals surface area contributed by atoms with Crippen molar-refractivity contribution in [3.05, 3.63) is 47.0 Å². The monoisotopic (exact) mass is 429 g/mol. The first-order chi connectivity index (χ1) is 13.7. The summed E-state index contributed by atoms with van der Waals surface area (Å²) in [5, 5.41) is 47.6. The Morgan fingerprint density at radius 1 is 1.03 bits per heavy atom. The largest absolute Gasteiger partial charge is 0.542 e. The summed E-state index contributed by atoms with van der Waals surface area (Å²) in [6.07, 6.45) is -3.69. The fourth-order valence-electron chi connectivity index (χ4n) is 3.38. The first-order valence-electron chi connectivity index (χ1n) is 8.89. The van der Waals surface area contributed by atoms with Crippen molar-refractivity contribution in [3.63, 3.8) is 0 Å². The van der Waals surface area contributed by atoms with Crippen LogP contribution < -0.4 is 5.11 Å². The van der Waals surface area contributed by atoms with Crippen LogP contribution in [0.3, 0.4) is 0 Å². The molecule has 1 unspecified atom stereocenters. The summed E-state index contributed by atoms with van der Waals surface area (Å²) in [5.41, 5.74) is 2.98. The number of carbonyl (C=O) groups is 1. The van der Waals surface area contributed by atoms with Crippen LogP contribution in [-0.2, 0) is 17.6 Å². The molecule has 0 aromatic heterocycles. The molecule has 0 fully saturated rings. The van der Waals surface area contributed by atoms with Gasteiger partial charge in [-0.2, -0.15) is 13.2 Å². The fraction of sp³-hybridized carbons (Fsp3) is 0.350. The third-order valence-electron chi connectivity index (χ3n) is 5.10. The molecule has 1 heterocycles. The number of alkyl halides is 3. The molecular formula is C20H22F3NO6. The molecule has 10 heteroatoms. The summed E-state index contributed by atoms with van der Waals surface area (Å²) < 4.78 is 32.3. The maximum absolute atomic E-state index is 10.5. The first kappa shape index (κ1) is 23.1. The molecule has 0 saturated heterocycles. The molecule has 1 aliphatic rings. The molecule has 3 rings (SSSR count). The van der Waals surface area contributed by atoms with E-state index in [4.69, 9.17) is 9.90 Å². The van der Waals surface area contributed by atoms with Gasteiger partial charge in [0.2, 0.25) is 0 Å². The van der Waals surface area contributed by atoms with Gasteiger partial charge in [0, 0.05) is 18.4 Å². The van der Waals surface area contributed by atoms with Crippen molar-refractivity contribution < 1.29 is 48.0 Å². The number of phenols is 4. The number of nitrogens with zero attached hydrogens (tertiary/aromatic N) is 1. The number of fused-ring (bicyclic) bond motifs is 1. The molecule has 1 aliphatic heterocycles. The Balaban J connectivity index is 0.000000396. The quantitative estimate of drug-likeness (QED) is 0.426. The van der Waals surface area contributed by atoms with Crippen LogP contribution in [0.25, 0.3) is 0 Å². The zero-order valence-electron chi connectivity index (χ0n) is 16.3. The second-order valence-corrected chi connectivity index (χ2v) is 7.62. The van der Waals surface area contributed by atoms with Gasteiger partial charge in [-0.15, -0.1) is 0 Å². The van der Waals surface area contributed by atoms with Crippen LogP contribution in [0.2, 0.25) is 0 Å². The molecule has 0 spiro atoms.